The summed E-state index contributed by atoms with van der Waals surface area (Å²) in [4.78, 5) is 1.30. The summed E-state index contributed by atoms with van der Waals surface area (Å²) in [5, 5.41) is 0. The zero-order valence-electron chi connectivity index (χ0n) is 14.2. The number of nitrogens with zero attached hydrogens (tertiary/aromatic N) is 1. The quantitative estimate of drug-likeness (QED) is 0.808. The second-order valence-corrected chi connectivity index (χ2v) is 8.07. The molecule has 0 amide bonds. The molecule has 1 saturated heterocycles. The van der Waals surface area contributed by atoms with E-state index >= 15 is 0 Å². The zero-order chi connectivity index (χ0) is 18.6. The molecule has 1 aliphatic rings. The first-order valence-corrected chi connectivity index (χ1v) is 9.87. The van der Waals surface area contributed by atoms with Crippen LogP contribution in [-0.2, 0) is 10.0 Å². The van der Waals surface area contributed by atoms with E-state index in [4.69, 9.17) is 4.74 Å². The Morgan fingerprint density at radius 3 is 2.31 bits per heavy atom. The molecule has 0 atom stereocenters. The number of halogens is 2. The van der Waals surface area contributed by atoms with Crippen molar-refractivity contribution in [2.45, 2.75) is 4.90 Å². The average Bonchev–Trinajstić information content (AvgIpc) is 2.64. The zero-order valence-corrected chi connectivity index (χ0v) is 15.0. The normalized spacial score (nSPS) is 16.5. The largest absolute Gasteiger partial charge is 0.485 e. The monoisotopic (exact) mass is 383 g/mol. The predicted molar refractivity (Wildman–Crippen MR) is 92.6 cm³/mol. The van der Waals surface area contributed by atoms with Crippen molar-refractivity contribution in [2.24, 2.45) is 0 Å². The number of quaternary nitrogens is 1. The fraction of sp³-hybridized carbons (Fsp3) is 0.333. The average molecular weight is 383 g/mol. The fourth-order valence-corrected chi connectivity index (χ4v) is 4.36. The summed E-state index contributed by atoms with van der Waals surface area (Å²) in [6, 6.07) is 11.1. The molecule has 5 nitrogen and oxygen atoms in total. The highest BCUT2D eigenvalue weighted by Crippen LogP contribution is 2.16. The SMILES string of the molecule is O=S(=O)(c1ccc(F)cc1)N1CC[NH+](CCOc2ccccc2F)CC1. The van der Waals surface area contributed by atoms with Crippen molar-refractivity contribution >= 4 is 10.0 Å². The lowest BCUT2D eigenvalue weighted by molar-refractivity contribution is -0.903. The highest BCUT2D eigenvalue weighted by molar-refractivity contribution is 7.89. The van der Waals surface area contributed by atoms with Crippen LogP contribution in [0.4, 0.5) is 8.78 Å². The molecule has 1 aliphatic heterocycles. The molecule has 26 heavy (non-hydrogen) atoms. The van der Waals surface area contributed by atoms with Crippen LogP contribution in [0.5, 0.6) is 5.75 Å². The van der Waals surface area contributed by atoms with Gasteiger partial charge in [0.2, 0.25) is 10.0 Å². The number of hydrogen-bond donors (Lipinski definition) is 1. The summed E-state index contributed by atoms with van der Waals surface area (Å²) in [6.07, 6.45) is 0. The maximum absolute atomic E-state index is 13.5. The van der Waals surface area contributed by atoms with Crippen LogP contribution in [0.25, 0.3) is 0 Å². The van der Waals surface area contributed by atoms with E-state index in [0.717, 1.165) is 12.1 Å². The Bertz CT molecular complexity index is 836. The molecule has 8 heteroatoms. The summed E-state index contributed by atoms with van der Waals surface area (Å²) in [7, 11) is -3.60. The summed E-state index contributed by atoms with van der Waals surface area (Å²) in [6.45, 7) is 3.07. The Hall–Kier alpha value is -2.03. The molecule has 2 aromatic carbocycles. The van der Waals surface area contributed by atoms with E-state index in [1.165, 1.54) is 27.4 Å². The van der Waals surface area contributed by atoms with Gasteiger partial charge in [0.15, 0.2) is 11.6 Å². The summed E-state index contributed by atoms with van der Waals surface area (Å²) in [5.41, 5.74) is 0. The Kier molecular flexibility index (Phi) is 5.85. The second kappa shape index (κ2) is 8.11. The lowest BCUT2D eigenvalue weighted by Gasteiger charge is -2.31. The molecule has 0 aromatic heterocycles. The van der Waals surface area contributed by atoms with Gasteiger partial charge in [0.05, 0.1) is 31.1 Å². The molecular weight excluding hydrogens is 362 g/mol. The van der Waals surface area contributed by atoms with Crippen LogP contribution in [-0.4, -0.2) is 52.1 Å². The van der Waals surface area contributed by atoms with Crippen molar-refractivity contribution in [3.63, 3.8) is 0 Å². The topological polar surface area (TPSA) is 51.0 Å². The van der Waals surface area contributed by atoms with Crippen molar-refractivity contribution in [3.05, 3.63) is 60.2 Å². The van der Waals surface area contributed by atoms with Crippen molar-refractivity contribution < 1.29 is 26.8 Å². The molecule has 1 fully saturated rings. The molecule has 1 N–H and O–H groups in total. The van der Waals surface area contributed by atoms with Gasteiger partial charge in [-0.3, -0.25) is 0 Å². The van der Waals surface area contributed by atoms with Gasteiger partial charge in [0.1, 0.15) is 19.0 Å². The first-order valence-electron chi connectivity index (χ1n) is 8.43. The summed E-state index contributed by atoms with van der Waals surface area (Å²) in [5.74, 6) is -0.629. The predicted octanol–water partition coefficient (Wildman–Crippen LogP) is 0.933. The van der Waals surface area contributed by atoms with E-state index in [1.54, 1.807) is 18.2 Å². The van der Waals surface area contributed by atoms with Gasteiger partial charge in [-0.2, -0.15) is 4.31 Å². The maximum atomic E-state index is 13.5. The fourth-order valence-electron chi connectivity index (χ4n) is 2.92. The number of nitrogens with one attached hydrogen (secondary N) is 1. The van der Waals surface area contributed by atoms with Gasteiger partial charge >= 0.3 is 0 Å². The van der Waals surface area contributed by atoms with E-state index in [-0.39, 0.29) is 10.6 Å². The first-order chi connectivity index (χ1) is 12.5. The molecule has 0 bridgehead atoms. The van der Waals surface area contributed by atoms with Crippen molar-refractivity contribution in [3.8, 4) is 5.75 Å². The number of benzene rings is 2. The van der Waals surface area contributed by atoms with Gasteiger partial charge in [-0.25, -0.2) is 17.2 Å². The minimum absolute atomic E-state index is 0.102. The van der Waals surface area contributed by atoms with Crippen molar-refractivity contribution in [2.75, 3.05) is 39.3 Å². The van der Waals surface area contributed by atoms with Gasteiger partial charge < -0.3 is 9.64 Å². The van der Waals surface area contributed by atoms with Crippen LogP contribution in [0, 0.1) is 11.6 Å². The number of hydrogen-bond acceptors (Lipinski definition) is 3. The molecule has 0 unspecified atom stereocenters. The van der Waals surface area contributed by atoms with Crippen LogP contribution < -0.4 is 9.64 Å². The molecule has 3 rings (SSSR count). The van der Waals surface area contributed by atoms with Crippen LogP contribution in [0.1, 0.15) is 0 Å². The molecule has 2 aromatic rings. The van der Waals surface area contributed by atoms with Gasteiger partial charge in [-0.15, -0.1) is 0 Å². The van der Waals surface area contributed by atoms with E-state index in [2.05, 4.69) is 0 Å². The number of sulfonamides is 1. The lowest BCUT2D eigenvalue weighted by atomic mass is 10.3. The van der Waals surface area contributed by atoms with Crippen LogP contribution in [0.2, 0.25) is 0 Å². The smallest absolute Gasteiger partial charge is 0.243 e. The highest BCUT2D eigenvalue weighted by Gasteiger charge is 2.30. The standard InChI is InChI=1S/C18H20F2N2O3S/c19-15-5-7-16(8-6-15)26(23,24)22-11-9-21(10-12-22)13-14-25-18-4-2-1-3-17(18)20/h1-8H,9-14H2/p+1. The molecular formula is C18H21F2N2O3S+. The Labute approximate surface area is 151 Å². The van der Waals surface area contributed by atoms with Crippen LogP contribution in [0.3, 0.4) is 0 Å². The first kappa shape index (κ1) is 18.8. The van der Waals surface area contributed by atoms with Gasteiger partial charge in [-0.1, -0.05) is 12.1 Å². The summed E-state index contributed by atoms with van der Waals surface area (Å²) >= 11 is 0. The van der Waals surface area contributed by atoms with E-state index in [1.807, 2.05) is 0 Å². The van der Waals surface area contributed by atoms with Crippen LogP contribution in [0.15, 0.2) is 53.4 Å². The van der Waals surface area contributed by atoms with Gasteiger partial charge in [0, 0.05) is 0 Å². The maximum Gasteiger partial charge on any atom is 0.243 e. The minimum atomic E-state index is -3.60. The van der Waals surface area contributed by atoms with E-state index in [9.17, 15) is 17.2 Å². The van der Waals surface area contributed by atoms with Crippen molar-refractivity contribution in [1.82, 2.24) is 4.31 Å². The molecule has 140 valence electrons. The van der Waals surface area contributed by atoms with Gasteiger partial charge in [-0.05, 0) is 36.4 Å². The third kappa shape index (κ3) is 4.38. The molecule has 0 spiro atoms. The number of ether oxygens (including phenoxy) is 1. The minimum Gasteiger partial charge on any atom is -0.485 e. The highest BCUT2D eigenvalue weighted by atomic mass is 32.2. The van der Waals surface area contributed by atoms with Crippen molar-refractivity contribution in [1.29, 1.82) is 0 Å². The molecule has 0 radical (unpaired) electrons. The lowest BCUT2D eigenvalue weighted by Crippen LogP contribution is -3.15. The third-order valence-electron chi connectivity index (χ3n) is 4.43. The second-order valence-electron chi connectivity index (χ2n) is 6.14. The third-order valence-corrected chi connectivity index (χ3v) is 6.34. The molecule has 0 aliphatic carbocycles. The molecule has 1 heterocycles. The number of para-hydroxylation sites is 1. The Morgan fingerprint density at radius 1 is 1.00 bits per heavy atom. The summed E-state index contributed by atoms with van der Waals surface area (Å²) < 4.78 is 58.5. The Balaban J connectivity index is 1.49. The van der Waals surface area contributed by atoms with Gasteiger partial charge in [0.25, 0.3) is 0 Å². The number of rotatable bonds is 6. The van der Waals surface area contributed by atoms with E-state index < -0.39 is 21.7 Å². The van der Waals surface area contributed by atoms with E-state index in [0.29, 0.717) is 39.3 Å². The molecule has 0 saturated carbocycles. The number of piperazine rings is 1. The van der Waals surface area contributed by atoms with Crippen LogP contribution >= 0.6 is 0 Å². The Morgan fingerprint density at radius 2 is 1.65 bits per heavy atom.